The lowest BCUT2D eigenvalue weighted by Crippen LogP contribution is -2.25. The van der Waals surface area contributed by atoms with Crippen molar-refractivity contribution in [3.8, 4) is 0 Å². The number of aryl methyl sites for hydroxylation is 3. The number of hydrogen-bond acceptors (Lipinski definition) is 5. The van der Waals surface area contributed by atoms with E-state index in [-0.39, 0.29) is 36.4 Å². The van der Waals surface area contributed by atoms with Gasteiger partial charge in [0.25, 0.3) is 11.5 Å². The molecule has 0 aliphatic heterocycles. The molecule has 0 bridgehead atoms. The van der Waals surface area contributed by atoms with Gasteiger partial charge in [-0.15, -0.1) is 11.3 Å². The maximum Gasteiger partial charge on any atom is 0.262 e. The van der Waals surface area contributed by atoms with Gasteiger partial charge in [-0.2, -0.15) is 0 Å². The molecule has 1 fully saturated rings. The fraction of sp³-hybridized carbons (Fsp3) is 0.391. The van der Waals surface area contributed by atoms with E-state index in [0.29, 0.717) is 11.3 Å². The minimum absolute atomic E-state index is 0.0593. The van der Waals surface area contributed by atoms with Crippen LogP contribution in [0.2, 0.25) is 0 Å². The zero-order valence-corrected chi connectivity index (χ0v) is 18.0. The third-order valence-corrected chi connectivity index (χ3v) is 7.04. The van der Waals surface area contributed by atoms with Crippen LogP contribution in [0, 0.1) is 0 Å². The Hall–Kier alpha value is -3.00. The lowest BCUT2D eigenvalue weighted by molar-refractivity contribution is -0.116. The van der Waals surface area contributed by atoms with Crippen molar-refractivity contribution in [3.63, 3.8) is 0 Å². The summed E-state index contributed by atoms with van der Waals surface area (Å²) in [7, 11) is 0. The fourth-order valence-electron chi connectivity index (χ4n) is 4.02. The Morgan fingerprint density at radius 2 is 2.03 bits per heavy atom. The Bertz CT molecular complexity index is 1230. The second-order valence-electron chi connectivity index (χ2n) is 8.26. The van der Waals surface area contributed by atoms with Crippen molar-refractivity contribution in [2.45, 2.75) is 57.5 Å². The zero-order chi connectivity index (χ0) is 21.4. The fourth-order valence-corrected chi connectivity index (χ4v) is 5.24. The van der Waals surface area contributed by atoms with Crippen LogP contribution in [0.25, 0.3) is 10.2 Å². The van der Waals surface area contributed by atoms with Gasteiger partial charge in [-0.05, 0) is 62.3 Å². The van der Waals surface area contributed by atoms with E-state index in [2.05, 4.69) is 15.6 Å². The van der Waals surface area contributed by atoms with Crippen molar-refractivity contribution in [2.24, 2.45) is 0 Å². The van der Waals surface area contributed by atoms with E-state index in [9.17, 15) is 14.4 Å². The molecular weight excluding hydrogens is 412 g/mol. The molecule has 2 N–H and O–H groups in total. The SMILES string of the molecule is O=C(CCn1cnc2sc3c(c2c1=O)CCCC3)Nc1cccc(C(=O)NC2CC2)c1. The molecule has 31 heavy (non-hydrogen) atoms. The third-order valence-electron chi connectivity index (χ3n) is 5.84. The number of carbonyl (C=O) groups excluding carboxylic acids is 2. The van der Waals surface area contributed by atoms with Crippen molar-refractivity contribution in [1.82, 2.24) is 14.9 Å². The number of rotatable bonds is 6. The first-order valence-electron chi connectivity index (χ1n) is 10.8. The van der Waals surface area contributed by atoms with E-state index in [1.165, 1.54) is 9.44 Å². The molecule has 2 aromatic heterocycles. The van der Waals surface area contributed by atoms with E-state index in [1.54, 1.807) is 41.9 Å². The van der Waals surface area contributed by atoms with Crippen LogP contribution < -0.4 is 16.2 Å². The molecule has 0 radical (unpaired) electrons. The zero-order valence-electron chi connectivity index (χ0n) is 17.1. The Kier molecular flexibility index (Phi) is 5.31. The topological polar surface area (TPSA) is 93.1 Å². The van der Waals surface area contributed by atoms with Gasteiger partial charge < -0.3 is 10.6 Å². The van der Waals surface area contributed by atoms with Gasteiger partial charge in [0.15, 0.2) is 0 Å². The number of benzene rings is 1. The molecule has 8 heteroatoms. The normalized spacial score (nSPS) is 15.5. The summed E-state index contributed by atoms with van der Waals surface area (Å²) in [6.07, 6.45) is 7.97. The van der Waals surface area contributed by atoms with E-state index < -0.39 is 0 Å². The summed E-state index contributed by atoms with van der Waals surface area (Å²) in [6, 6.07) is 7.19. The minimum Gasteiger partial charge on any atom is -0.349 e. The number of fused-ring (bicyclic) bond motifs is 3. The molecule has 160 valence electrons. The number of amides is 2. The average Bonchev–Trinajstić information content (AvgIpc) is 3.50. The second kappa shape index (κ2) is 8.26. The summed E-state index contributed by atoms with van der Waals surface area (Å²) in [5.74, 6) is -0.331. The van der Waals surface area contributed by atoms with Crippen molar-refractivity contribution < 1.29 is 9.59 Å². The maximum atomic E-state index is 13.0. The molecule has 2 aliphatic carbocycles. The van der Waals surface area contributed by atoms with E-state index in [4.69, 9.17) is 0 Å². The molecule has 0 atom stereocenters. The molecular formula is C23H24N4O3S. The van der Waals surface area contributed by atoms with Crippen LogP contribution in [-0.4, -0.2) is 27.4 Å². The molecule has 1 saturated carbocycles. The van der Waals surface area contributed by atoms with Crippen LogP contribution in [0.3, 0.4) is 0 Å². The van der Waals surface area contributed by atoms with Gasteiger partial charge in [0.05, 0.1) is 11.7 Å². The molecule has 0 saturated heterocycles. The molecule has 5 rings (SSSR count). The van der Waals surface area contributed by atoms with Gasteiger partial charge in [0.2, 0.25) is 5.91 Å². The number of aromatic nitrogens is 2. The Morgan fingerprint density at radius 1 is 1.19 bits per heavy atom. The van der Waals surface area contributed by atoms with Crippen LogP contribution in [0.4, 0.5) is 5.69 Å². The quantitative estimate of drug-likeness (QED) is 0.620. The van der Waals surface area contributed by atoms with Gasteiger partial charge in [0, 0.05) is 35.1 Å². The lowest BCUT2D eigenvalue weighted by Gasteiger charge is -2.11. The summed E-state index contributed by atoms with van der Waals surface area (Å²) < 4.78 is 1.53. The maximum absolute atomic E-state index is 13.0. The monoisotopic (exact) mass is 436 g/mol. The molecule has 7 nitrogen and oxygen atoms in total. The number of anilines is 1. The van der Waals surface area contributed by atoms with Gasteiger partial charge in [-0.25, -0.2) is 4.98 Å². The Balaban J connectivity index is 1.25. The van der Waals surface area contributed by atoms with E-state index in [1.807, 2.05) is 0 Å². The number of nitrogens with zero attached hydrogens (tertiary/aromatic N) is 2. The van der Waals surface area contributed by atoms with Crippen molar-refractivity contribution in [3.05, 3.63) is 57.0 Å². The molecule has 1 aromatic carbocycles. The molecule has 2 amide bonds. The van der Waals surface area contributed by atoms with E-state index >= 15 is 0 Å². The van der Waals surface area contributed by atoms with Crippen molar-refractivity contribution in [1.29, 1.82) is 0 Å². The van der Waals surface area contributed by atoms with E-state index in [0.717, 1.165) is 54.3 Å². The van der Waals surface area contributed by atoms with Crippen LogP contribution in [0.1, 0.15) is 52.9 Å². The van der Waals surface area contributed by atoms with Gasteiger partial charge in [-0.1, -0.05) is 6.07 Å². The Morgan fingerprint density at radius 3 is 2.87 bits per heavy atom. The van der Waals surface area contributed by atoms with Crippen LogP contribution >= 0.6 is 11.3 Å². The standard InChI is InChI=1S/C23H24N4O3S/c28-19(25-16-5-3-4-14(12-16)21(29)26-15-8-9-15)10-11-27-13-24-22-20(23(27)30)17-6-1-2-7-18(17)31-22/h3-5,12-13,15H,1-2,6-11H2,(H,25,28)(H,26,29). The van der Waals surface area contributed by atoms with Crippen molar-refractivity contribution >= 4 is 39.1 Å². The first-order valence-corrected chi connectivity index (χ1v) is 11.6. The van der Waals surface area contributed by atoms with Gasteiger partial charge in [-0.3, -0.25) is 19.0 Å². The largest absolute Gasteiger partial charge is 0.349 e. The highest BCUT2D eigenvalue weighted by atomic mass is 32.1. The smallest absolute Gasteiger partial charge is 0.262 e. The first kappa shape index (κ1) is 19.9. The second-order valence-corrected chi connectivity index (χ2v) is 9.34. The number of carbonyl (C=O) groups is 2. The third kappa shape index (κ3) is 4.25. The number of thiophene rings is 1. The highest BCUT2D eigenvalue weighted by Crippen LogP contribution is 2.33. The first-order chi connectivity index (χ1) is 15.1. The summed E-state index contributed by atoms with van der Waals surface area (Å²) in [4.78, 5) is 44.2. The van der Waals surface area contributed by atoms with Crippen LogP contribution in [0.5, 0.6) is 0 Å². The average molecular weight is 437 g/mol. The molecule has 3 aromatic rings. The van der Waals surface area contributed by atoms with Gasteiger partial charge >= 0.3 is 0 Å². The summed E-state index contributed by atoms with van der Waals surface area (Å²) in [6.45, 7) is 0.264. The minimum atomic E-state index is -0.209. The molecule has 0 spiro atoms. The highest BCUT2D eigenvalue weighted by molar-refractivity contribution is 7.18. The van der Waals surface area contributed by atoms with Crippen LogP contribution in [-0.2, 0) is 24.2 Å². The summed E-state index contributed by atoms with van der Waals surface area (Å²) in [5, 5.41) is 6.50. The molecule has 2 aliphatic rings. The van der Waals surface area contributed by atoms with Crippen LogP contribution in [0.15, 0.2) is 35.4 Å². The summed E-state index contributed by atoms with van der Waals surface area (Å²) in [5.41, 5.74) is 2.19. The predicted octanol–water partition coefficient (Wildman–Crippen LogP) is 3.26. The molecule has 0 unspecified atom stereocenters. The lowest BCUT2D eigenvalue weighted by atomic mass is 9.97. The highest BCUT2D eigenvalue weighted by Gasteiger charge is 2.24. The van der Waals surface area contributed by atoms with Crippen molar-refractivity contribution in [2.75, 3.05) is 5.32 Å². The summed E-state index contributed by atoms with van der Waals surface area (Å²) >= 11 is 1.62. The Labute approximate surface area is 183 Å². The number of nitrogens with one attached hydrogen (secondary N) is 2. The number of hydrogen-bond donors (Lipinski definition) is 2. The predicted molar refractivity (Wildman–Crippen MR) is 121 cm³/mol. The van der Waals surface area contributed by atoms with Gasteiger partial charge in [0.1, 0.15) is 4.83 Å². The molecule has 2 heterocycles.